The lowest BCUT2D eigenvalue weighted by Crippen LogP contribution is -2.48. The van der Waals surface area contributed by atoms with Crippen LogP contribution in [0.15, 0.2) is 66.4 Å². The third-order valence-electron chi connectivity index (χ3n) is 12.9. The van der Waals surface area contributed by atoms with Gasteiger partial charge in [-0.25, -0.2) is 0 Å². The first-order chi connectivity index (χ1) is 27.3. The van der Waals surface area contributed by atoms with Crippen LogP contribution in [-0.2, 0) is 27.1 Å². The average molecular weight is 769 g/mol. The number of allylic oxidation sites excluding steroid dienone is 1. The monoisotopic (exact) mass is 768 g/mol. The Morgan fingerprint density at radius 2 is 1.48 bits per heavy atom. The van der Waals surface area contributed by atoms with Crippen molar-refractivity contribution in [2.75, 3.05) is 61.3 Å². The molecule has 10 nitrogen and oxygen atoms in total. The molecule has 1 amide bonds. The molecule has 1 saturated heterocycles. The smallest absolute Gasteiger partial charge is 0.289 e. The van der Waals surface area contributed by atoms with Crippen LogP contribution >= 0.6 is 0 Å². The van der Waals surface area contributed by atoms with Gasteiger partial charge in [0.1, 0.15) is 0 Å². The van der Waals surface area contributed by atoms with Crippen LogP contribution < -0.4 is 18.9 Å². The molecule has 0 radical (unpaired) electrons. The number of piperidine rings is 1. The number of amides is 1. The summed E-state index contributed by atoms with van der Waals surface area (Å²) in [6.07, 6.45) is 7.26. The molecular formula is C46H60N2O8. The van der Waals surface area contributed by atoms with E-state index < -0.39 is 6.29 Å². The second kappa shape index (κ2) is 17.9. The van der Waals surface area contributed by atoms with Gasteiger partial charge in [0.25, 0.3) is 5.91 Å². The van der Waals surface area contributed by atoms with Gasteiger partial charge >= 0.3 is 0 Å². The Hall–Kier alpha value is -4.25. The molecule has 1 fully saturated rings. The van der Waals surface area contributed by atoms with Gasteiger partial charge in [0, 0.05) is 50.7 Å². The van der Waals surface area contributed by atoms with E-state index in [0.717, 1.165) is 61.4 Å². The third-order valence-corrected chi connectivity index (χ3v) is 12.9. The molecule has 0 bridgehead atoms. The van der Waals surface area contributed by atoms with Gasteiger partial charge in [-0.1, -0.05) is 43.7 Å². The van der Waals surface area contributed by atoms with E-state index >= 15 is 4.79 Å². The third kappa shape index (κ3) is 7.85. The van der Waals surface area contributed by atoms with E-state index in [0.29, 0.717) is 61.5 Å². The molecule has 7 atom stereocenters. The van der Waals surface area contributed by atoms with Crippen molar-refractivity contribution in [1.29, 1.82) is 0 Å². The summed E-state index contributed by atoms with van der Waals surface area (Å²) in [5.41, 5.74) is 6.03. The maximum Gasteiger partial charge on any atom is 0.289 e. The number of hydrogen-bond donors (Lipinski definition) is 1. The highest BCUT2D eigenvalue weighted by atomic mass is 16.7. The molecule has 3 aromatic carbocycles. The van der Waals surface area contributed by atoms with Crippen molar-refractivity contribution in [2.24, 2.45) is 17.8 Å². The summed E-state index contributed by atoms with van der Waals surface area (Å²) in [5, 5.41) is 9.80. The fourth-order valence-corrected chi connectivity index (χ4v) is 10.0. The quantitative estimate of drug-likeness (QED) is 0.178. The fraction of sp³-hybridized carbons (Fsp3) is 0.543. The first kappa shape index (κ1) is 40.0. The van der Waals surface area contributed by atoms with Crippen LogP contribution in [0.3, 0.4) is 0 Å². The Kier molecular flexibility index (Phi) is 12.8. The molecule has 0 unspecified atom stereocenters. The lowest BCUT2D eigenvalue weighted by atomic mass is 9.72. The molecule has 0 saturated carbocycles. The molecule has 3 aromatic rings. The molecular weight excluding hydrogens is 709 g/mol. The number of aliphatic hydroxyl groups excluding tert-OH is 1. The van der Waals surface area contributed by atoms with E-state index in [4.69, 9.17) is 28.4 Å². The minimum atomic E-state index is -0.614. The van der Waals surface area contributed by atoms with Gasteiger partial charge in [0.15, 0.2) is 28.8 Å². The zero-order valence-electron chi connectivity index (χ0n) is 34.0. The molecule has 4 heterocycles. The highest BCUT2D eigenvalue weighted by Crippen LogP contribution is 2.50. The van der Waals surface area contributed by atoms with Crippen molar-refractivity contribution >= 4 is 5.91 Å². The van der Waals surface area contributed by atoms with Crippen LogP contribution in [0, 0.1) is 17.8 Å². The van der Waals surface area contributed by atoms with Crippen LogP contribution in [0.5, 0.6) is 23.0 Å². The van der Waals surface area contributed by atoms with Gasteiger partial charge in [-0.3, -0.25) is 9.69 Å². The Labute approximate surface area is 332 Å². The number of carbonyl (C=O) groups is 1. The first-order valence-corrected chi connectivity index (χ1v) is 20.6. The molecule has 7 rings (SSSR count). The molecule has 302 valence electrons. The molecule has 0 spiro atoms. The maximum atomic E-state index is 15.2. The number of ether oxygens (including phenoxy) is 6. The van der Waals surface area contributed by atoms with Crippen molar-refractivity contribution < 1.29 is 38.3 Å². The Bertz CT molecular complexity index is 1850. The van der Waals surface area contributed by atoms with Gasteiger partial charge in [-0.2, -0.15) is 0 Å². The second-order valence-electron chi connectivity index (χ2n) is 15.7. The van der Waals surface area contributed by atoms with Crippen molar-refractivity contribution in [3.8, 4) is 23.0 Å². The number of benzene rings is 3. The molecule has 0 aromatic heterocycles. The summed E-state index contributed by atoms with van der Waals surface area (Å²) in [4.78, 5) is 19.9. The van der Waals surface area contributed by atoms with Crippen molar-refractivity contribution in [1.82, 2.24) is 9.80 Å². The average Bonchev–Trinajstić information content (AvgIpc) is 3.24. The summed E-state index contributed by atoms with van der Waals surface area (Å²) < 4.78 is 35.9. The summed E-state index contributed by atoms with van der Waals surface area (Å²) in [6.45, 7) is 7.37. The minimum Gasteiger partial charge on any atom is -0.493 e. The fourth-order valence-electron chi connectivity index (χ4n) is 10.0. The molecule has 1 N–H and O–H groups in total. The van der Waals surface area contributed by atoms with Gasteiger partial charge in [0.05, 0.1) is 34.5 Å². The van der Waals surface area contributed by atoms with E-state index in [1.54, 1.807) is 28.4 Å². The van der Waals surface area contributed by atoms with Gasteiger partial charge in [0.2, 0.25) is 6.29 Å². The number of hydrogen-bond acceptors (Lipinski definition) is 9. The minimum absolute atomic E-state index is 0.0527. The SMILES string of the molecule is CCO[C@@H]1OC(C(=O)N2CCc3cc(OC)c(OC)cc3[C@H]2C[C@H]2C[C@H]3c4cc(OC)c(OC)cc4CCN3C[C@@H]2CC)=C[C@H](c2ccccc2)[C@H]1CCCO. The summed E-state index contributed by atoms with van der Waals surface area (Å²) in [5.74, 6) is 3.76. The predicted molar refractivity (Wildman–Crippen MR) is 215 cm³/mol. The highest BCUT2D eigenvalue weighted by molar-refractivity contribution is 5.92. The van der Waals surface area contributed by atoms with Gasteiger partial charge < -0.3 is 38.4 Å². The van der Waals surface area contributed by atoms with E-state index in [1.165, 1.54) is 16.7 Å². The molecule has 56 heavy (non-hydrogen) atoms. The molecule has 0 aliphatic carbocycles. The van der Waals surface area contributed by atoms with Crippen LogP contribution in [0.4, 0.5) is 0 Å². The predicted octanol–water partition coefficient (Wildman–Crippen LogP) is 7.63. The Morgan fingerprint density at radius 1 is 0.839 bits per heavy atom. The van der Waals surface area contributed by atoms with Crippen LogP contribution in [0.25, 0.3) is 0 Å². The number of methoxy groups -OCH3 is 4. The molecule has 4 aliphatic rings. The number of nitrogens with zero attached hydrogens (tertiary/aromatic N) is 2. The molecule has 4 aliphatic heterocycles. The standard InChI is InChI=1S/C46H60N2O8/c1-7-29-28-47-18-16-31-23-40(51-3)42(53-5)26-36(31)38(47)21-33(29)22-39-37-27-43(54-6)41(52-4)24-32(37)17-19-48(39)45(50)44-25-35(30-13-10-9-11-14-30)34(15-12-20-49)46(56-44)55-8-2/h9-11,13-14,23-27,29,33-35,38-39,46,49H,7-8,12,15-22,28H2,1-6H3/t29-,33+,34+,35+,38-,39+,46+/m0/s1. The van der Waals surface area contributed by atoms with Crippen LogP contribution in [0.1, 0.15) is 91.8 Å². The number of rotatable bonds is 14. The van der Waals surface area contributed by atoms with Crippen molar-refractivity contribution in [2.45, 2.75) is 83.1 Å². The zero-order valence-corrected chi connectivity index (χ0v) is 34.0. The Balaban J connectivity index is 1.27. The lowest BCUT2D eigenvalue weighted by molar-refractivity contribution is -0.171. The summed E-state index contributed by atoms with van der Waals surface area (Å²) in [7, 11) is 6.75. The van der Waals surface area contributed by atoms with Crippen molar-refractivity contribution in [3.05, 3.63) is 94.2 Å². The molecule has 10 heteroatoms. The maximum absolute atomic E-state index is 15.2. The van der Waals surface area contributed by atoms with Crippen LogP contribution in [0.2, 0.25) is 0 Å². The summed E-state index contributed by atoms with van der Waals surface area (Å²) in [6, 6.07) is 18.9. The van der Waals surface area contributed by atoms with Crippen molar-refractivity contribution in [3.63, 3.8) is 0 Å². The highest BCUT2D eigenvalue weighted by Gasteiger charge is 2.44. The first-order valence-electron chi connectivity index (χ1n) is 20.6. The van der Waals surface area contributed by atoms with E-state index in [1.807, 2.05) is 31.2 Å². The van der Waals surface area contributed by atoms with E-state index in [9.17, 15) is 5.11 Å². The second-order valence-corrected chi connectivity index (χ2v) is 15.7. The van der Waals surface area contributed by atoms with E-state index in [-0.39, 0.29) is 36.4 Å². The van der Waals surface area contributed by atoms with Gasteiger partial charge in [-0.15, -0.1) is 0 Å². The normalized spacial score (nSPS) is 25.9. The van der Waals surface area contributed by atoms with Gasteiger partial charge in [-0.05, 0) is 115 Å². The number of carbonyl (C=O) groups excluding carboxylic acids is 1. The zero-order chi connectivity index (χ0) is 39.3. The van der Waals surface area contributed by atoms with Crippen LogP contribution in [-0.4, -0.2) is 88.4 Å². The topological polar surface area (TPSA) is 99.2 Å². The Morgan fingerprint density at radius 3 is 2.12 bits per heavy atom. The number of fused-ring (bicyclic) bond motifs is 4. The largest absolute Gasteiger partial charge is 0.493 e. The number of aliphatic hydroxyl groups is 1. The summed E-state index contributed by atoms with van der Waals surface area (Å²) >= 11 is 0. The lowest BCUT2D eigenvalue weighted by Gasteiger charge is -2.49. The van der Waals surface area contributed by atoms with E-state index in [2.05, 4.69) is 53.1 Å².